The molecule has 0 aliphatic carbocycles. The van der Waals surface area contributed by atoms with Crippen molar-refractivity contribution in [1.29, 1.82) is 0 Å². The van der Waals surface area contributed by atoms with Crippen LogP contribution in [0.1, 0.15) is 37.0 Å². The highest BCUT2D eigenvalue weighted by Gasteiger charge is 2.20. The molecule has 1 aliphatic rings. The summed E-state index contributed by atoms with van der Waals surface area (Å²) in [5, 5.41) is 9.94. The molecule has 94 valence electrons. The van der Waals surface area contributed by atoms with Crippen molar-refractivity contribution in [2.24, 2.45) is 5.73 Å². The second kappa shape index (κ2) is 4.94. The van der Waals surface area contributed by atoms with E-state index in [0.29, 0.717) is 24.9 Å². The summed E-state index contributed by atoms with van der Waals surface area (Å²) in [6.07, 6.45) is -0.650. The molecule has 0 fully saturated rings. The van der Waals surface area contributed by atoms with Crippen molar-refractivity contribution in [2.45, 2.75) is 25.9 Å². The van der Waals surface area contributed by atoms with Gasteiger partial charge < -0.3 is 20.3 Å². The molecule has 0 spiro atoms. The summed E-state index contributed by atoms with van der Waals surface area (Å²) in [5.74, 6) is 1.76. The number of nitrogens with two attached hydrogens (primary N) is 1. The number of ether oxygens (including phenoxy) is 2. The lowest BCUT2D eigenvalue weighted by Crippen LogP contribution is -2.18. The van der Waals surface area contributed by atoms with E-state index in [1.807, 2.05) is 12.1 Å². The van der Waals surface area contributed by atoms with Gasteiger partial charge in [0, 0.05) is 6.54 Å². The lowest BCUT2D eigenvalue weighted by Gasteiger charge is -2.24. The zero-order chi connectivity index (χ0) is 12.4. The van der Waals surface area contributed by atoms with Crippen LogP contribution in [0.2, 0.25) is 0 Å². The normalized spacial score (nSPS) is 16.1. The van der Waals surface area contributed by atoms with Gasteiger partial charge >= 0.3 is 0 Å². The second-order valence-corrected chi connectivity index (χ2v) is 4.53. The fourth-order valence-electron chi connectivity index (χ4n) is 2.04. The fraction of sp³-hybridized carbons (Fsp3) is 0.538. The van der Waals surface area contributed by atoms with E-state index in [0.717, 1.165) is 16.9 Å². The third-order valence-electron chi connectivity index (χ3n) is 2.95. The van der Waals surface area contributed by atoms with Crippen LogP contribution >= 0.6 is 0 Å². The zero-order valence-corrected chi connectivity index (χ0v) is 10.3. The van der Waals surface area contributed by atoms with Crippen LogP contribution in [0.3, 0.4) is 0 Å². The van der Waals surface area contributed by atoms with E-state index in [2.05, 4.69) is 13.8 Å². The topological polar surface area (TPSA) is 64.7 Å². The van der Waals surface area contributed by atoms with E-state index < -0.39 is 6.10 Å². The average molecular weight is 237 g/mol. The Morgan fingerprint density at radius 1 is 1.18 bits per heavy atom. The molecule has 0 amide bonds. The lowest BCUT2D eigenvalue weighted by atomic mass is 9.93. The van der Waals surface area contributed by atoms with Crippen LogP contribution in [-0.2, 0) is 0 Å². The molecule has 4 nitrogen and oxygen atoms in total. The summed E-state index contributed by atoms with van der Waals surface area (Å²) in [6, 6.07) is 3.80. The van der Waals surface area contributed by atoms with Crippen molar-refractivity contribution < 1.29 is 14.6 Å². The van der Waals surface area contributed by atoms with Gasteiger partial charge in [-0.05, 0) is 29.2 Å². The van der Waals surface area contributed by atoms with E-state index in [4.69, 9.17) is 15.2 Å². The van der Waals surface area contributed by atoms with Gasteiger partial charge in [-0.1, -0.05) is 13.8 Å². The van der Waals surface area contributed by atoms with Crippen LogP contribution in [0.5, 0.6) is 11.5 Å². The van der Waals surface area contributed by atoms with Crippen LogP contribution < -0.4 is 15.2 Å². The number of hydrogen-bond donors (Lipinski definition) is 2. The highest BCUT2D eigenvalue weighted by Crippen LogP contribution is 2.37. The van der Waals surface area contributed by atoms with Gasteiger partial charge in [0.2, 0.25) is 0 Å². The molecule has 1 heterocycles. The molecule has 2 rings (SSSR count). The maximum absolute atomic E-state index is 9.94. The molecule has 0 radical (unpaired) electrons. The first-order valence-electron chi connectivity index (χ1n) is 5.95. The van der Waals surface area contributed by atoms with Crippen molar-refractivity contribution in [2.75, 3.05) is 19.8 Å². The molecule has 0 aromatic heterocycles. The summed E-state index contributed by atoms with van der Waals surface area (Å²) < 4.78 is 11.1. The third-order valence-corrected chi connectivity index (χ3v) is 2.95. The minimum Gasteiger partial charge on any atom is -0.486 e. The molecule has 3 N–H and O–H groups in total. The van der Waals surface area contributed by atoms with E-state index >= 15 is 0 Å². The van der Waals surface area contributed by atoms with Crippen molar-refractivity contribution in [3.05, 3.63) is 23.3 Å². The molecule has 17 heavy (non-hydrogen) atoms. The van der Waals surface area contributed by atoms with E-state index in [1.165, 1.54) is 0 Å². The summed E-state index contributed by atoms with van der Waals surface area (Å²) >= 11 is 0. The largest absolute Gasteiger partial charge is 0.486 e. The predicted octanol–water partition coefficient (Wildman–Crippen LogP) is 1.57. The Labute approximate surface area is 101 Å². The molecule has 0 bridgehead atoms. The number of aliphatic hydroxyl groups excluding tert-OH is 1. The number of fused-ring (bicyclic) bond motifs is 1. The molecular weight excluding hydrogens is 218 g/mol. The maximum Gasteiger partial charge on any atom is 0.161 e. The predicted molar refractivity (Wildman–Crippen MR) is 65.5 cm³/mol. The fourth-order valence-corrected chi connectivity index (χ4v) is 2.04. The first-order valence-corrected chi connectivity index (χ1v) is 5.95. The Bertz CT molecular complexity index is 404. The zero-order valence-electron chi connectivity index (χ0n) is 10.3. The SMILES string of the molecule is CC(C)c1cc2c(cc1C(O)CN)OCCO2. The molecule has 1 unspecified atom stereocenters. The summed E-state index contributed by atoms with van der Waals surface area (Å²) in [4.78, 5) is 0. The first-order chi connectivity index (χ1) is 8.13. The van der Waals surface area contributed by atoms with Gasteiger partial charge in [-0.3, -0.25) is 0 Å². The van der Waals surface area contributed by atoms with E-state index in [9.17, 15) is 5.11 Å². The summed E-state index contributed by atoms with van der Waals surface area (Å²) in [6.45, 7) is 5.49. The van der Waals surface area contributed by atoms with Gasteiger partial charge in [-0.2, -0.15) is 0 Å². The standard InChI is InChI=1S/C13H19NO3/c1-8(2)9-5-12-13(17-4-3-16-12)6-10(9)11(15)7-14/h5-6,8,11,15H,3-4,7,14H2,1-2H3. The molecule has 1 aromatic rings. The minimum atomic E-state index is -0.650. The number of aliphatic hydroxyl groups is 1. The Morgan fingerprint density at radius 2 is 1.71 bits per heavy atom. The van der Waals surface area contributed by atoms with Crippen LogP contribution in [0, 0.1) is 0 Å². The number of benzene rings is 1. The van der Waals surface area contributed by atoms with Crippen molar-refractivity contribution in [1.82, 2.24) is 0 Å². The molecule has 1 aliphatic heterocycles. The lowest BCUT2D eigenvalue weighted by molar-refractivity contribution is 0.165. The molecule has 1 atom stereocenters. The monoisotopic (exact) mass is 237 g/mol. The Kier molecular flexibility index (Phi) is 3.54. The van der Waals surface area contributed by atoms with Gasteiger partial charge in [-0.15, -0.1) is 0 Å². The van der Waals surface area contributed by atoms with Crippen LogP contribution in [0.15, 0.2) is 12.1 Å². The van der Waals surface area contributed by atoms with Crippen molar-refractivity contribution in [3.8, 4) is 11.5 Å². The van der Waals surface area contributed by atoms with Gasteiger partial charge in [0.05, 0.1) is 6.10 Å². The van der Waals surface area contributed by atoms with Crippen LogP contribution in [0.25, 0.3) is 0 Å². The number of hydrogen-bond acceptors (Lipinski definition) is 4. The third kappa shape index (κ3) is 2.37. The van der Waals surface area contributed by atoms with E-state index in [-0.39, 0.29) is 6.54 Å². The highest BCUT2D eigenvalue weighted by molar-refractivity contribution is 5.50. The first kappa shape index (κ1) is 12.2. The molecule has 0 saturated heterocycles. The van der Waals surface area contributed by atoms with Gasteiger partial charge in [0.15, 0.2) is 11.5 Å². The maximum atomic E-state index is 9.94. The molecule has 0 saturated carbocycles. The molecule has 1 aromatic carbocycles. The van der Waals surface area contributed by atoms with Crippen molar-refractivity contribution in [3.63, 3.8) is 0 Å². The highest BCUT2D eigenvalue weighted by atomic mass is 16.6. The summed E-state index contributed by atoms with van der Waals surface area (Å²) in [5.41, 5.74) is 7.43. The quantitative estimate of drug-likeness (QED) is 0.837. The van der Waals surface area contributed by atoms with Crippen LogP contribution in [-0.4, -0.2) is 24.9 Å². The number of rotatable bonds is 3. The Hall–Kier alpha value is -1.26. The Morgan fingerprint density at radius 3 is 2.18 bits per heavy atom. The van der Waals surface area contributed by atoms with Crippen molar-refractivity contribution >= 4 is 0 Å². The summed E-state index contributed by atoms with van der Waals surface area (Å²) in [7, 11) is 0. The van der Waals surface area contributed by atoms with Gasteiger partial charge in [0.25, 0.3) is 0 Å². The molecule has 4 heteroatoms. The van der Waals surface area contributed by atoms with Gasteiger partial charge in [-0.25, -0.2) is 0 Å². The minimum absolute atomic E-state index is 0.208. The van der Waals surface area contributed by atoms with Crippen LogP contribution in [0.4, 0.5) is 0 Å². The average Bonchev–Trinajstić information content (AvgIpc) is 2.36. The second-order valence-electron chi connectivity index (χ2n) is 4.53. The smallest absolute Gasteiger partial charge is 0.161 e. The Balaban J connectivity index is 2.48. The molecular formula is C13H19NO3. The van der Waals surface area contributed by atoms with E-state index in [1.54, 1.807) is 0 Å². The van der Waals surface area contributed by atoms with Gasteiger partial charge in [0.1, 0.15) is 13.2 Å².